The molecule has 162 valence electrons. The number of aromatic nitrogens is 4. The molecule has 0 unspecified atom stereocenters. The highest BCUT2D eigenvalue weighted by Gasteiger charge is 2.15. The van der Waals surface area contributed by atoms with Crippen molar-refractivity contribution in [3.63, 3.8) is 0 Å². The molecule has 0 radical (unpaired) electrons. The second kappa shape index (κ2) is 8.84. The first-order valence-corrected chi connectivity index (χ1v) is 10.4. The largest absolute Gasteiger partial charge is 0.496 e. The van der Waals surface area contributed by atoms with E-state index in [1.54, 1.807) is 13.4 Å². The molecule has 0 spiro atoms. The van der Waals surface area contributed by atoms with Crippen molar-refractivity contribution in [2.24, 2.45) is 0 Å². The van der Waals surface area contributed by atoms with Crippen LogP contribution in [0.25, 0.3) is 22.2 Å². The number of methoxy groups -OCH3 is 1. The van der Waals surface area contributed by atoms with E-state index in [0.717, 1.165) is 59.7 Å². The third-order valence-corrected chi connectivity index (χ3v) is 5.65. The number of morpholine rings is 1. The first-order chi connectivity index (χ1) is 15.7. The average molecular weight is 431 g/mol. The van der Waals surface area contributed by atoms with Crippen LogP contribution in [0, 0.1) is 5.82 Å². The molecule has 0 bridgehead atoms. The van der Waals surface area contributed by atoms with Crippen LogP contribution in [0.15, 0.2) is 55.2 Å². The number of nitrogens with zero attached hydrogens (tertiary/aromatic N) is 5. The Hall–Kier alpha value is -3.65. The van der Waals surface area contributed by atoms with Gasteiger partial charge in [0.25, 0.3) is 0 Å². The van der Waals surface area contributed by atoms with E-state index in [2.05, 4.69) is 43.0 Å². The zero-order chi connectivity index (χ0) is 21.9. The lowest BCUT2D eigenvalue weighted by Gasteiger charge is -2.29. The lowest BCUT2D eigenvalue weighted by molar-refractivity contribution is 0.122. The number of rotatable bonds is 5. The van der Waals surface area contributed by atoms with Gasteiger partial charge in [-0.3, -0.25) is 0 Å². The summed E-state index contributed by atoms with van der Waals surface area (Å²) in [5, 5.41) is 0.953. The molecular formula is C24H22FN5O2. The maximum absolute atomic E-state index is 14.1. The van der Waals surface area contributed by atoms with E-state index in [4.69, 9.17) is 9.47 Å². The Morgan fingerprint density at radius 2 is 1.91 bits per heavy atom. The van der Waals surface area contributed by atoms with Gasteiger partial charge in [0.05, 0.1) is 43.4 Å². The average Bonchev–Trinajstić information content (AvgIpc) is 2.85. The minimum Gasteiger partial charge on any atom is -0.496 e. The highest BCUT2D eigenvalue weighted by molar-refractivity contribution is 5.94. The quantitative estimate of drug-likeness (QED) is 0.477. The van der Waals surface area contributed by atoms with Crippen molar-refractivity contribution in [3.8, 4) is 17.0 Å². The molecule has 1 aliphatic rings. The summed E-state index contributed by atoms with van der Waals surface area (Å²) in [5.74, 6) is 0.225. The zero-order valence-electron chi connectivity index (χ0n) is 17.7. The number of hydrogen-bond acceptors (Lipinski definition) is 7. The second-order valence-corrected chi connectivity index (χ2v) is 7.54. The summed E-state index contributed by atoms with van der Waals surface area (Å²) >= 11 is 0. The minimum absolute atomic E-state index is 0.287. The summed E-state index contributed by atoms with van der Waals surface area (Å²) < 4.78 is 25.1. The molecule has 0 saturated carbocycles. The zero-order valence-corrected chi connectivity index (χ0v) is 17.7. The van der Waals surface area contributed by atoms with Gasteiger partial charge in [0, 0.05) is 41.7 Å². The van der Waals surface area contributed by atoms with Gasteiger partial charge in [0.15, 0.2) is 5.82 Å². The van der Waals surface area contributed by atoms with E-state index >= 15 is 0 Å². The molecule has 0 aliphatic carbocycles. The molecular weight excluding hydrogens is 409 g/mol. The van der Waals surface area contributed by atoms with Crippen LogP contribution in [0.1, 0.15) is 11.3 Å². The van der Waals surface area contributed by atoms with Crippen LogP contribution in [0.5, 0.6) is 5.75 Å². The highest BCUT2D eigenvalue weighted by atomic mass is 19.1. The molecule has 1 aliphatic heterocycles. The van der Waals surface area contributed by atoms with Crippen molar-refractivity contribution in [1.29, 1.82) is 0 Å². The van der Waals surface area contributed by atoms with Gasteiger partial charge in [-0.05, 0) is 36.4 Å². The standard InChI is InChI=1S/C24H22FN5O2/c1-31-23-5-2-16(10-17(23)11-22-20(25)13-26-14-27-22)24-19-4-3-18(12-21(19)28-15-29-24)30-6-8-32-9-7-30/h2-5,10,12-15H,6-9,11H2,1H3. The van der Waals surface area contributed by atoms with E-state index in [1.165, 1.54) is 12.5 Å². The van der Waals surface area contributed by atoms with E-state index in [-0.39, 0.29) is 6.42 Å². The lowest BCUT2D eigenvalue weighted by atomic mass is 10.0. The molecule has 5 rings (SSSR count). The third-order valence-electron chi connectivity index (χ3n) is 5.65. The van der Waals surface area contributed by atoms with Crippen LogP contribution in [0.2, 0.25) is 0 Å². The number of ether oxygens (including phenoxy) is 2. The summed E-state index contributed by atoms with van der Waals surface area (Å²) in [7, 11) is 1.60. The molecule has 7 nitrogen and oxygen atoms in total. The fraction of sp³-hybridized carbons (Fsp3) is 0.250. The Morgan fingerprint density at radius 1 is 1.03 bits per heavy atom. The molecule has 3 heterocycles. The van der Waals surface area contributed by atoms with Gasteiger partial charge < -0.3 is 14.4 Å². The van der Waals surface area contributed by atoms with Crippen LogP contribution in [0.3, 0.4) is 0 Å². The van der Waals surface area contributed by atoms with E-state index in [1.807, 2.05) is 18.2 Å². The van der Waals surface area contributed by atoms with Gasteiger partial charge in [-0.1, -0.05) is 0 Å². The van der Waals surface area contributed by atoms with Gasteiger partial charge >= 0.3 is 0 Å². The molecule has 0 amide bonds. The van der Waals surface area contributed by atoms with Crippen molar-refractivity contribution >= 4 is 16.6 Å². The number of halogens is 1. The summed E-state index contributed by atoms with van der Waals surface area (Å²) in [6.45, 7) is 3.19. The van der Waals surface area contributed by atoms with Gasteiger partial charge in [-0.15, -0.1) is 0 Å². The predicted molar refractivity (Wildman–Crippen MR) is 119 cm³/mol. The molecule has 32 heavy (non-hydrogen) atoms. The molecule has 2 aromatic heterocycles. The monoisotopic (exact) mass is 431 g/mol. The third kappa shape index (κ3) is 3.97. The molecule has 2 aromatic carbocycles. The fourth-order valence-corrected chi connectivity index (χ4v) is 4.01. The number of anilines is 1. The Balaban J connectivity index is 1.54. The van der Waals surface area contributed by atoms with Crippen molar-refractivity contribution in [1.82, 2.24) is 19.9 Å². The van der Waals surface area contributed by atoms with Crippen LogP contribution >= 0.6 is 0 Å². The normalized spacial score (nSPS) is 14.0. The minimum atomic E-state index is -0.442. The first-order valence-electron chi connectivity index (χ1n) is 10.4. The first kappa shape index (κ1) is 20.3. The Morgan fingerprint density at radius 3 is 2.72 bits per heavy atom. The van der Waals surface area contributed by atoms with Crippen LogP contribution in [0.4, 0.5) is 10.1 Å². The smallest absolute Gasteiger partial charge is 0.163 e. The molecule has 1 saturated heterocycles. The molecule has 1 fully saturated rings. The maximum Gasteiger partial charge on any atom is 0.163 e. The Kier molecular flexibility index (Phi) is 5.60. The predicted octanol–water partition coefficient (Wildman–Crippen LogP) is 3.66. The van der Waals surface area contributed by atoms with Crippen molar-refractivity contribution in [3.05, 3.63) is 72.3 Å². The molecule has 0 atom stereocenters. The van der Waals surface area contributed by atoms with E-state index in [0.29, 0.717) is 11.4 Å². The number of fused-ring (bicyclic) bond motifs is 1. The Labute approximate surface area is 184 Å². The number of benzene rings is 2. The van der Waals surface area contributed by atoms with Gasteiger partial charge in [0.2, 0.25) is 0 Å². The van der Waals surface area contributed by atoms with Gasteiger partial charge in [0.1, 0.15) is 18.4 Å². The van der Waals surface area contributed by atoms with Crippen molar-refractivity contribution < 1.29 is 13.9 Å². The summed E-state index contributed by atoms with van der Waals surface area (Å²) in [4.78, 5) is 19.2. The van der Waals surface area contributed by atoms with Gasteiger partial charge in [-0.25, -0.2) is 24.3 Å². The summed E-state index contributed by atoms with van der Waals surface area (Å²) in [5.41, 5.74) is 4.85. The van der Waals surface area contributed by atoms with Crippen LogP contribution < -0.4 is 9.64 Å². The SMILES string of the molecule is COc1ccc(-c2ncnc3cc(N4CCOCC4)ccc23)cc1Cc1ncncc1F. The van der Waals surface area contributed by atoms with Crippen molar-refractivity contribution in [2.45, 2.75) is 6.42 Å². The van der Waals surface area contributed by atoms with E-state index < -0.39 is 5.82 Å². The fourth-order valence-electron chi connectivity index (χ4n) is 4.01. The molecule has 8 heteroatoms. The summed E-state index contributed by atoms with van der Waals surface area (Å²) in [6.07, 6.45) is 4.38. The van der Waals surface area contributed by atoms with E-state index in [9.17, 15) is 4.39 Å². The van der Waals surface area contributed by atoms with Crippen LogP contribution in [-0.4, -0.2) is 53.3 Å². The molecule has 0 N–H and O–H groups in total. The maximum atomic E-state index is 14.1. The summed E-state index contributed by atoms with van der Waals surface area (Å²) in [6, 6.07) is 12.0. The highest BCUT2D eigenvalue weighted by Crippen LogP contribution is 2.32. The van der Waals surface area contributed by atoms with Crippen molar-refractivity contribution in [2.75, 3.05) is 38.3 Å². The topological polar surface area (TPSA) is 73.3 Å². The van der Waals surface area contributed by atoms with Crippen LogP contribution in [-0.2, 0) is 11.2 Å². The number of hydrogen-bond donors (Lipinski definition) is 0. The second-order valence-electron chi connectivity index (χ2n) is 7.54. The Bertz CT molecular complexity index is 1260. The lowest BCUT2D eigenvalue weighted by Crippen LogP contribution is -2.36. The molecule has 4 aromatic rings. The van der Waals surface area contributed by atoms with Gasteiger partial charge in [-0.2, -0.15) is 0 Å².